The van der Waals surface area contributed by atoms with E-state index in [1.54, 1.807) is 0 Å². The van der Waals surface area contributed by atoms with E-state index in [4.69, 9.17) is 10.5 Å². The highest BCUT2D eigenvalue weighted by atomic mass is 16.5. The van der Waals surface area contributed by atoms with Crippen molar-refractivity contribution in [2.45, 2.75) is 33.3 Å². The summed E-state index contributed by atoms with van der Waals surface area (Å²) < 4.78 is 5.58. The highest BCUT2D eigenvalue weighted by molar-refractivity contribution is 4.79. The van der Waals surface area contributed by atoms with E-state index in [1.165, 1.54) is 19.5 Å². The molecule has 2 N–H and O–H groups in total. The topological polar surface area (TPSA) is 38.5 Å². The molecule has 0 aliphatic carbocycles. The van der Waals surface area contributed by atoms with Gasteiger partial charge in [-0.2, -0.15) is 0 Å². The molecule has 2 unspecified atom stereocenters. The van der Waals surface area contributed by atoms with Crippen molar-refractivity contribution in [2.75, 3.05) is 32.8 Å². The average Bonchev–Trinajstić information content (AvgIpc) is 2.65. The lowest BCUT2D eigenvalue weighted by Crippen LogP contribution is -2.37. The zero-order valence-corrected chi connectivity index (χ0v) is 10.4. The molecule has 0 aromatic carbocycles. The molecular weight excluding hydrogens is 188 g/mol. The molecule has 90 valence electrons. The van der Waals surface area contributed by atoms with E-state index in [0.29, 0.717) is 6.54 Å². The molecule has 1 aliphatic rings. The largest absolute Gasteiger partial charge is 0.376 e. The SMILES string of the molecule is CCOC(CN)CN1CCC(C(C)C)C1. The molecular formula is C12H26N2O. The normalized spacial score (nSPS) is 25.0. The van der Waals surface area contributed by atoms with Crippen LogP contribution in [-0.2, 0) is 4.74 Å². The Morgan fingerprint density at radius 3 is 2.67 bits per heavy atom. The summed E-state index contributed by atoms with van der Waals surface area (Å²) in [5.74, 6) is 1.67. The molecule has 1 rings (SSSR count). The number of hydrogen-bond acceptors (Lipinski definition) is 3. The second-order valence-corrected chi connectivity index (χ2v) is 4.87. The van der Waals surface area contributed by atoms with Gasteiger partial charge in [-0.15, -0.1) is 0 Å². The zero-order chi connectivity index (χ0) is 11.3. The van der Waals surface area contributed by atoms with Gasteiger partial charge in [0.1, 0.15) is 0 Å². The highest BCUT2D eigenvalue weighted by Gasteiger charge is 2.26. The van der Waals surface area contributed by atoms with Gasteiger partial charge in [0.25, 0.3) is 0 Å². The summed E-state index contributed by atoms with van der Waals surface area (Å²) in [7, 11) is 0. The van der Waals surface area contributed by atoms with Gasteiger partial charge in [0, 0.05) is 26.2 Å². The highest BCUT2D eigenvalue weighted by Crippen LogP contribution is 2.23. The number of hydrogen-bond donors (Lipinski definition) is 1. The van der Waals surface area contributed by atoms with E-state index in [2.05, 4.69) is 18.7 Å². The van der Waals surface area contributed by atoms with E-state index in [1.807, 2.05) is 6.92 Å². The first-order valence-electron chi connectivity index (χ1n) is 6.21. The minimum absolute atomic E-state index is 0.223. The zero-order valence-electron chi connectivity index (χ0n) is 10.4. The van der Waals surface area contributed by atoms with Gasteiger partial charge in [-0.3, -0.25) is 0 Å². The molecule has 3 heteroatoms. The minimum atomic E-state index is 0.223. The predicted octanol–water partition coefficient (Wildman–Crippen LogP) is 1.33. The summed E-state index contributed by atoms with van der Waals surface area (Å²) in [6, 6.07) is 0. The van der Waals surface area contributed by atoms with Crippen LogP contribution in [0.5, 0.6) is 0 Å². The molecule has 1 fully saturated rings. The molecule has 0 bridgehead atoms. The standard InChI is InChI=1S/C12H26N2O/c1-4-15-12(7-13)9-14-6-5-11(8-14)10(2)3/h10-12H,4-9,13H2,1-3H3. The van der Waals surface area contributed by atoms with Crippen LogP contribution in [0.4, 0.5) is 0 Å². The smallest absolute Gasteiger partial charge is 0.0823 e. The van der Waals surface area contributed by atoms with Gasteiger partial charge in [0.2, 0.25) is 0 Å². The van der Waals surface area contributed by atoms with Crippen LogP contribution in [0.3, 0.4) is 0 Å². The first-order chi connectivity index (χ1) is 7.17. The fourth-order valence-corrected chi connectivity index (χ4v) is 2.29. The lowest BCUT2D eigenvalue weighted by molar-refractivity contribution is 0.0435. The van der Waals surface area contributed by atoms with Crippen LogP contribution in [0, 0.1) is 11.8 Å². The van der Waals surface area contributed by atoms with E-state index in [9.17, 15) is 0 Å². The van der Waals surface area contributed by atoms with Crippen molar-refractivity contribution in [3.63, 3.8) is 0 Å². The average molecular weight is 214 g/mol. The molecule has 0 aromatic heterocycles. The van der Waals surface area contributed by atoms with Gasteiger partial charge < -0.3 is 15.4 Å². The predicted molar refractivity (Wildman–Crippen MR) is 63.9 cm³/mol. The maximum atomic E-state index is 5.68. The van der Waals surface area contributed by atoms with Gasteiger partial charge in [-0.25, -0.2) is 0 Å². The molecule has 1 heterocycles. The van der Waals surface area contributed by atoms with Crippen molar-refractivity contribution >= 4 is 0 Å². The Labute approximate surface area is 94.0 Å². The summed E-state index contributed by atoms with van der Waals surface area (Å²) >= 11 is 0. The quantitative estimate of drug-likeness (QED) is 0.725. The fraction of sp³-hybridized carbons (Fsp3) is 1.00. The Hall–Kier alpha value is -0.120. The summed E-state index contributed by atoms with van der Waals surface area (Å²) in [6.07, 6.45) is 1.56. The molecule has 3 nitrogen and oxygen atoms in total. The van der Waals surface area contributed by atoms with Crippen LogP contribution in [0.1, 0.15) is 27.2 Å². The Bertz CT molecular complexity index is 173. The maximum absolute atomic E-state index is 5.68. The van der Waals surface area contributed by atoms with Crippen molar-refractivity contribution < 1.29 is 4.74 Å². The number of ether oxygens (including phenoxy) is 1. The summed E-state index contributed by atoms with van der Waals surface area (Å²) in [5.41, 5.74) is 5.68. The van der Waals surface area contributed by atoms with E-state index < -0.39 is 0 Å². The Balaban J connectivity index is 2.27. The van der Waals surface area contributed by atoms with E-state index in [0.717, 1.165) is 25.0 Å². The Kier molecular flexibility index (Phi) is 5.58. The lowest BCUT2D eigenvalue weighted by atomic mass is 9.95. The second kappa shape index (κ2) is 6.46. The molecule has 15 heavy (non-hydrogen) atoms. The lowest BCUT2D eigenvalue weighted by Gasteiger charge is -2.23. The fourth-order valence-electron chi connectivity index (χ4n) is 2.29. The second-order valence-electron chi connectivity index (χ2n) is 4.87. The van der Waals surface area contributed by atoms with Gasteiger partial charge in [-0.1, -0.05) is 13.8 Å². The van der Waals surface area contributed by atoms with Gasteiger partial charge in [0.15, 0.2) is 0 Å². The van der Waals surface area contributed by atoms with Crippen LogP contribution in [0.15, 0.2) is 0 Å². The van der Waals surface area contributed by atoms with Crippen molar-refractivity contribution in [3.05, 3.63) is 0 Å². The molecule has 1 aliphatic heterocycles. The van der Waals surface area contributed by atoms with Gasteiger partial charge in [0.05, 0.1) is 6.10 Å². The van der Waals surface area contributed by atoms with Crippen molar-refractivity contribution in [1.29, 1.82) is 0 Å². The number of likely N-dealkylation sites (tertiary alicyclic amines) is 1. The molecule has 0 amide bonds. The van der Waals surface area contributed by atoms with Crippen LogP contribution >= 0.6 is 0 Å². The molecule has 0 radical (unpaired) electrons. The van der Waals surface area contributed by atoms with Crippen LogP contribution < -0.4 is 5.73 Å². The Morgan fingerprint density at radius 2 is 2.20 bits per heavy atom. The van der Waals surface area contributed by atoms with Crippen LogP contribution in [0.2, 0.25) is 0 Å². The number of nitrogens with two attached hydrogens (primary N) is 1. The van der Waals surface area contributed by atoms with Crippen LogP contribution in [-0.4, -0.2) is 43.8 Å². The van der Waals surface area contributed by atoms with E-state index >= 15 is 0 Å². The number of nitrogens with zero attached hydrogens (tertiary/aromatic N) is 1. The summed E-state index contributed by atoms with van der Waals surface area (Å²) in [4.78, 5) is 2.50. The molecule has 1 saturated heterocycles. The maximum Gasteiger partial charge on any atom is 0.0823 e. The molecule has 0 spiro atoms. The monoisotopic (exact) mass is 214 g/mol. The number of rotatable bonds is 6. The molecule has 0 saturated carbocycles. The third kappa shape index (κ3) is 4.09. The van der Waals surface area contributed by atoms with Crippen molar-refractivity contribution in [2.24, 2.45) is 17.6 Å². The Morgan fingerprint density at radius 1 is 1.47 bits per heavy atom. The van der Waals surface area contributed by atoms with Gasteiger partial charge in [-0.05, 0) is 31.7 Å². The third-order valence-electron chi connectivity index (χ3n) is 3.38. The summed E-state index contributed by atoms with van der Waals surface area (Å²) in [5, 5.41) is 0. The molecule has 2 atom stereocenters. The first kappa shape index (κ1) is 12.9. The first-order valence-corrected chi connectivity index (χ1v) is 6.21. The molecule has 0 aromatic rings. The minimum Gasteiger partial charge on any atom is -0.376 e. The summed E-state index contributed by atoms with van der Waals surface area (Å²) in [6.45, 7) is 11.5. The van der Waals surface area contributed by atoms with Gasteiger partial charge >= 0.3 is 0 Å². The third-order valence-corrected chi connectivity index (χ3v) is 3.38. The van der Waals surface area contributed by atoms with Crippen molar-refractivity contribution in [3.8, 4) is 0 Å². The van der Waals surface area contributed by atoms with Crippen LogP contribution in [0.25, 0.3) is 0 Å². The van der Waals surface area contributed by atoms with E-state index in [-0.39, 0.29) is 6.10 Å². The van der Waals surface area contributed by atoms with Crippen molar-refractivity contribution in [1.82, 2.24) is 4.90 Å².